The first kappa shape index (κ1) is 49.3. The van der Waals surface area contributed by atoms with Crippen molar-refractivity contribution in [2.24, 2.45) is 0 Å². The van der Waals surface area contributed by atoms with E-state index in [1.165, 1.54) is 30.4 Å². The number of benzene rings is 3. The molecule has 0 saturated heterocycles. The standard InChI is InChI=1S/C51H53N5O10/c1-3-46(57)63-29-15-11-7-5-9-13-27-61-42-33-53-48(54-34-42)38-18-22-40(23-19-38)50(59)65-44-26-17-37(32-52)31-45(44)66-51(60)41-24-20-39(21-25-41)49-55-35-43(36-56-49)62-28-14-10-6-8-12-16-30-64-47(58)4-2/h3-4,17-26,31,33-36H,1-2,5-16,27-30H2. The first-order chi connectivity index (χ1) is 32.3. The van der Waals surface area contributed by atoms with Crippen molar-refractivity contribution in [1.29, 1.82) is 5.26 Å². The van der Waals surface area contributed by atoms with Gasteiger partial charge in [0.05, 0.1) is 74.0 Å². The van der Waals surface area contributed by atoms with Crippen molar-refractivity contribution < 1.29 is 47.6 Å². The number of rotatable bonds is 28. The molecule has 0 saturated carbocycles. The van der Waals surface area contributed by atoms with Crippen LogP contribution in [-0.4, -0.2) is 70.2 Å². The fourth-order valence-electron chi connectivity index (χ4n) is 6.32. The maximum absolute atomic E-state index is 13.3. The van der Waals surface area contributed by atoms with Crippen molar-refractivity contribution in [3.8, 4) is 51.8 Å². The second-order valence-corrected chi connectivity index (χ2v) is 14.9. The molecule has 2 heterocycles. The Labute approximate surface area is 384 Å². The molecule has 15 heteroatoms. The second kappa shape index (κ2) is 27.5. The van der Waals surface area contributed by atoms with E-state index < -0.39 is 23.9 Å². The average molecular weight is 896 g/mol. The van der Waals surface area contributed by atoms with Gasteiger partial charge in [0.2, 0.25) is 0 Å². The summed E-state index contributed by atoms with van der Waals surface area (Å²) in [6, 6.07) is 19.2. The zero-order valence-corrected chi connectivity index (χ0v) is 36.9. The minimum atomic E-state index is -0.734. The van der Waals surface area contributed by atoms with Crippen LogP contribution >= 0.6 is 0 Å². The summed E-state index contributed by atoms with van der Waals surface area (Å²) in [5.74, 6) is -0.394. The molecule has 0 spiro atoms. The van der Waals surface area contributed by atoms with Gasteiger partial charge in [-0.15, -0.1) is 0 Å². The van der Waals surface area contributed by atoms with E-state index in [1.54, 1.807) is 73.3 Å². The number of nitriles is 1. The van der Waals surface area contributed by atoms with Gasteiger partial charge in [-0.05, 0) is 62.1 Å². The van der Waals surface area contributed by atoms with Crippen LogP contribution in [-0.2, 0) is 19.1 Å². The van der Waals surface area contributed by atoms with E-state index in [2.05, 4.69) is 33.1 Å². The summed E-state index contributed by atoms with van der Waals surface area (Å²) in [6.07, 6.45) is 20.4. The molecule has 15 nitrogen and oxygen atoms in total. The Morgan fingerprint density at radius 2 is 0.879 bits per heavy atom. The highest BCUT2D eigenvalue weighted by molar-refractivity contribution is 5.94. The van der Waals surface area contributed by atoms with Crippen molar-refractivity contribution in [2.45, 2.75) is 77.0 Å². The van der Waals surface area contributed by atoms with Crippen molar-refractivity contribution in [3.63, 3.8) is 0 Å². The first-order valence-electron chi connectivity index (χ1n) is 21.9. The van der Waals surface area contributed by atoms with E-state index in [0.717, 1.165) is 77.0 Å². The van der Waals surface area contributed by atoms with Crippen LogP contribution in [0.3, 0.4) is 0 Å². The van der Waals surface area contributed by atoms with Gasteiger partial charge in [-0.3, -0.25) is 0 Å². The van der Waals surface area contributed by atoms with Crippen LogP contribution in [0.15, 0.2) is 117 Å². The van der Waals surface area contributed by atoms with Crippen LogP contribution in [0.4, 0.5) is 0 Å². The minimum Gasteiger partial charge on any atom is -0.490 e. The fourth-order valence-corrected chi connectivity index (χ4v) is 6.32. The molecule has 0 aliphatic rings. The maximum Gasteiger partial charge on any atom is 0.343 e. The topological polar surface area (TPSA) is 199 Å². The minimum absolute atomic E-state index is 0.0490. The number of unbranched alkanes of at least 4 members (excludes halogenated alkanes) is 10. The van der Waals surface area contributed by atoms with Crippen LogP contribution in [0.5, 0.6) is 23.0 Å². The largest absolute Gasteiger partial charge is 0.490 e. The van der Waals surface area contributed by atoms with Gasteiger partial charge in [0.15, 0.2) is 34.6 Å². The predicted molar refractivity (Wildman–Crippen MR) is 245 cm³/mol. The fraction of sp³-hybridized carbons (Fsp3) is 0.314. The molecule has 0 unspecified atom stereocenters. The summed E-state index contributed by atoms with van der Waals surface area (Å²) in [5.41, 5.74) is 1.96. The summed E-state index contributed by atoms with van der Waals surface area (Å²) in [7, 11) is 0. The Kier molecular flexibility index (Phi) is 20.5. The molecule has 2 aromatic heterocycles. The van der Waals surface area contributed by atoms with Gasteiger partial charge >= 0.3 is 23.9 Å². The zero-order chi connectivity index (χ0) is 46.8. The molecule has 342 valence electrons. The van der Waals surface area contributed by atoms with Gasteiger partial charge in [-0.25, -0.2) is 39.1 Å². The van der Waals surface area contributed by atoms with Crippen molar-refractivity contribution in [3.05, 3.63) is 134 Å². The lowest BCUT2D eigenvalue weighted by atomic mass is 10.1. The van der Waals surface area contributed by atoms with E-state index >= 15 is 0 Å². The lowest BCUT2D eigenvalue weighted by Gasteiger charge is -2.12. The molecule has 5 aromatic rings. The third-order valence-corrected chi connectivity index (χ3v) is 9.93. The van der Waals surface area contributed by atoms with Gasteiger partial charge < -0.3 is 28.4 Å². The molecule has 0 atom stereocenters. The Morgan fingerprint density at radius 3 is 1.27 bits per heavy atom. The number of hydrogen-bond acceptors (Lipinski definition) is 15. The molecule has 0 aliphatic heterocycles. The average Bonchev–Trinajstić information content (AvgIpc) is 3.35. The van der Waals surface area contributed by atoms with Crippen molar-refractivity contribution >= 4 is 23.9 Å². The monoisotopic (exact) mass is 895 g/mol. The van der Waals surface area contributed by atoms with E-state index in [-0.39, 0.29) is 28.2 Å². The molecule has 0 radical (unpaired) electrons. The van der Waals surface area contributed by atoms with Gasteiger partial charge in [0.25, 0.3) is 0 Å². The Balaban J connectivity index is 1.04. The number of esters is 4. The van der Waals surface area contributed by atoms with Crippen molar-refractivity contribution in [2.75, 3.05) is 26.4 Å². The molecule has 0 aliphatic carbocycles. The molecule has 0 amide bonds. The van der Waals surface area contributed by atoms with E-state index in [0.29, 0.717) is 60.7 Å². The number of hydrogen-bond donors (Lipinski definition) is 0. The third-order valence-electron chi connectivity index (χ3n) is 9.93. The summed E-state index contributed by atoms with van der Waals surface area (Å²) >= 11 is 0. The van der Waals surface area contributed by atoms with Crippen molar-refractivity contribution in [1.82, 2.24) is 19.9 Å². The Hall–Kier alpha value is -7.73. The molecule has 3 aromatic carbocycles. The maximum atomic E-state index is 13.3. The molecule has 5 rings (SSSR count). The summed E-state index contributed by atoms with van der Waals surface area (Å²) in [5, 5.41) is 9.53. The van der Waals surface area contributed by atoms with E-state index in [9.17, 15) is 24.4 Å². The van der Waals surface area contributed by atoms with E-state index in [1.807, 2.05) is 6.07 Å². The number of carbonyl (C=O) groups is 4. The highest BCUT2D eigenvalue weighted by atomic mass is 16.6. The second-order valence-electron chi connectivity index (χ2n) is 14.9. The van der Waals surface area contributed by atoms with Gasteiger partial charge in [-0.1, -0.05) is 88.8 Å². The number of ether oxygens (including phenoxy) is 6. The highest BCUT2D eigenvalue weighted by Crippen LogP contribution is 2.31. The summed E-state index contributed by atoms with van der Waals surface area (Å²) in [4.78, 5) is 66.3. The van der Waals surface area contributed by atoms with Crippen LogP contribution < -0.4 is 18.9 Å². The smallest absolute Gasteiger partial charge is 0.343 e. The van der Waals surface area contributed by atoms with Crippen LogP contribution in [0, 0.1) is 11.3 Å². The summed E-state index contributed by atoms with van der Waals surface area (Å²) < 4.78 is 32.8. The summed E-state index contributed by atoms with van der Waals surface area (Å²) in [6.45, 7) is 8.67. The van der Waals surface area contributed by atoms with Crippen LogP contribution in [0.2, 0.25) is 0 Å². The van der Waals surface area contributed by atoms with E-state index in [4.69, 9.17) is 28.4 Å². The molecule has 0 N–H and O–H groups in total. The lowest BCUT2D eigenvalue weighted by Crippen LogP contribution is -2.13. The Bertz CT molecular complexity index is 2400. The SMILES string of the molecule is C=CC(=O)OCCCCCCCCOc1cnc(-c2ccc(C(=O)Oc3ccc(C#N)cc3OC(=O)c3ccc(-c4ncc(OCCCCCCCCOC(=O)C=C)cn4)cc3)cc2)nc1. The number of aromatic nitrogens is 4. The molecule has 66 heavy (non-hydrogen) atoms. The molecular formula is C51H53N5O10. The van der Waals surface area contributed by atoms with Crippen LogP contribution in [0.1, 0.15) is 103 Å². The zero-order valence-electron chi connectivity index (χ0n) is 36.9. The molecule has 0 bridgehead atoms. The van der Waals surface area contributed by atoms with Gasteiger partial charge in [0.1, 0.15) is 0 Å². The number of carbonyl (C=O) groups excluding carboxylic acids is 4. The van der Waals surface area contributed by atoms with Gasteiger partial charge in [0, 0.05) is 29.3 Å². The van der Waals surface area contributed by atoms with Crippen LogP contribution in [0.25, 0.3) is 22.8 Å². The lowest BCUT2D eigenvalue weighted by molar-refractivity contribution is -0.138. The Morgan fingerprint density at radius 1 is 0.500 bits per heavy atom. The molecule has 0 fully saturated rings. The predicted octanol–water partition coefficient (Wildman–Crippen LogP) is 9.81. The first-order valence-corrected chi connectivity index (χ1v) is 21.9. The molecular weight excluding hydrogens is 843 g/mol. The third kappa shape index (κ3) is 16.8. The van der Waals surface area contributed by atoms with Gasteiger partial charge in [-0.2, -0.15) is 5.26 Å². The highest BCUT2D eigenvalue weighted by Gasteiger charge is 2.18. The number of nitrogens with zero attached hydrogens (tertiary/aromatic N) is 5. The quantitative estimate of drug-likeness (QED) is 0.0199. The normalized spacial score (nSPS) is 10.5.